The molecule has 100 valence electrons. The van der Waals surface area contributed by atoms with Gasteiger partial charge in [-0.25, -0.2) is 0 Å². The molecule has 0 rings (SSSR count). The van der Waals surface area contributed by atoms with Crippen LogP contribution in [0.2, 0.25) is 18.1 Å². The van der Waals surface area contributed by atoms with E-state index in [0.29, 0.717) is 13.0 Å². The van der Waals surface area contributed by atoms with E-state index in [1.54, 1.807) is 6.92 Å². The van der Waals surface area contributed by atoms with Gasteiger partial charge in [-0.15, -0.1) is 0 Å². The molecule has 0 radical (unpaired) electrons. The summed E-state index contributed by atoms with van der Waals surface area (Å²) in [5.74, 6) is 0.249. The van der Waals surface area contributed by atoms with Gasteiger partial charge in [0.25, 0.3) is 0 Å². The standard InChI is InChI=1S/C14H28O2Si/c1-12(9-8-10-13(2)15)11-16-17(6,7)14(3,4)5/h9H,8,10-11H2,1-7H3/b12-9+. The highest BCUT2D eigenvalue weighted by Crippen LogP contribution is 2.36. The highest BCUT2D eigenvalue weighted by atomic mass is 28.4. The van der Waals surface area contributed by atoms with E-state index in [1.807, 2.05) is 0 Å². The normalized spacial score (nSPS) is 13.9. The van der Waals surface area contributed by atoms with Crippen LogP contribution in [0.5, 0.6) is 0 Å². The van der Waals surface area contributed by atoms with Crippen LogP contribution in [0.3, 0.4) is 0 Å². The summed E-state index contributed by atoms with van der Waals surface area (Å²) in [6, 6.07) is 0. The Bertz CT molecular complexity index is 285. The van der Waals surface area contributed by atoms with Gasteiger partial charge in [-0.1, -0.05) is 32.4 Å². The summed E-state index contributed by atoms with van der Waals surface area (Å²) < 4.78 is 6.10. The van der Waals surface area contributed by atoms with Crippen LogP contribution in [0.25, 0.3) is 0 Å². The predicted octanol–water partition coefficient (Wildman–Crippen LogP) is 4.32. The van der Waals surface area contributed by atoms with Gasteiger partial charge in [0.1, 0.15) is 5.78 Å². The van der Waals surface area contributed by atoms with E-state index < -0.39 is 8.32 Å². The van der Waals surface area contributed by atoms with Crippen LogP contribution < -0.4 is 0 Å². The van der Waals surface area contributed by atoms with E-state index in [4.69, 9.17) is 4.43 Å². The lowest BCUT2D eigenvalue weighted by Crippen LogP contribution is -2.41. The van der Waals surface area contributed by atoms with Gasteiger partial charge >= 0.3 is 0 Å². The molecule has 0 aromatic carbocycles. The van der Waals surface area contributed by atoms with Crippen LogP contribution in [0.4, 0.5) is 0 Å². The quantitative estimate of drug-likeness (QED) is 0.522. The molecule has 0 amide bonds. The highest BCUT2D eigenvalue weighted by molar-refractivity contribution is 6.74. The van der Waals surface area contributed by atoms with E-state index in [1.165, 1.54) is 5.57 Å². The van der Waals surface area contributed by atoms with Crippen molar-refractivity contribution < 1.29 is 9.22 Å². The first-order valence-electron chi connectivity index (χ1n) is 6.35. The first kappa shape index (κ1) is 16.6. The number of rotatable bonds is 6. The molecule has 0 N–H and O–H groups in total. The highest BCUT2D eigenvalue weighted by Gasteiger charge is 2.36. The first-order chi connectivity index (χ1) is 7.56. The Labute approximate surface area is 108 Å². The fraction of sp³-hybridized carbons (Fsp3) is 0.786. The Morgan fingerprint density at radius 2 is 1.76 bits per heavy atom. The van der Waals surface area contributed by atoms with Crippen molar-refractivity contribution in [1.29, 1.82) is 0 Å². The largest absolute Gasteiger partial charge is 0.413 e. The monoisotopic (exact) mass is 256 g/mol. The molecular formula is C14H28O2Si. The van der Waals surface area contributed by atoms with Gasteiger partial charge in [0.05, 0.1) is 6.61 Å². The fourth-order valence-corrected chi connectivity index (χ4v) is 2.11. The average Bonchev–Trinajstić information content (AvgIpc) is 2.12. The van der Waals surface area contributed by atoms with E-state index in [-0.39, 0.29) is 10.8 Å². The zero-order valence-electron chi connectivity index (χ0n) is 12.5. The Morgan fingerprint density at radius 1 is 1.24 bits per heavy atom. The predicted molar refractivity (Wildman–Crippen MR) is 76.8 cm³/mol. The number of Topliss-reactive ketones (excluding diaryl/α,β-unsaturated/α-hetero) is 1. The maximum Gasteiger partial charge on any atom is 0.192 e. The van der Waals surface area contributed by atoms with Gasteiger partial charge in [0.2, 0.25) is 0 Å². The molecule has 3 heteroatoms. The average molecular weight is 256 g/mol. The van der Waals surface area contributed by atoms with Crippen LogP contribution >= 0.6 is 0 Å². The molecule has 0 unspecified atom stereocenters. The van der Waals surface area contributed by atoms with Gasteiger partial charge in [-0.3, -0.25) is 0 Å². The Morgan fingerprint density at radius 3 is 2.18 bits per heavy atom. The molecule has 17 heavy (non-hydrogen) atoms. The second-order valence-corrected chi connectivity index (χ2v) is 11.1. The number of carbonyl (C=O) groups excluding carboxylic acids is 1. The van der Waals surface area contributed by atoms with Crippen LogP contribution in [0.1, 0.15) is 47.5 Å². The molecule has 0 aromatic heterocycles. The summed E-state index contributed by atoms with van der Waals surface area (Å²) in [6.07, 6.45) is 3.59. The number of hydrogen-bond acceptors (Lipinski definition) is 2. The fourth-order valence-electron chi connectivity index (χ4n) is 1.09. The maximum atomic E-state index is 10.8. The van der Waals surface area contributed by atoms with Crippen molar-refractivity contribution in [3.05, 3.63) is 11.6 Å². The van der Waals surface area contributed by atoms with Crippen LogP contribution in [-0.4, -0.2) is 20.7 Å². The lowest BCUT2D eigenvalue weighted by molar-refractivity contribution is -0.116. The first-order valence-corrected chi connectivity index (χ1v) is 9.26. The summed E-state index contributed by atoms with van der Waals surface area (Å²) >= 11 is 0. The van der Waals surface area contributed by atoms with Gasteiger partial charge in [0, 0.05) is 6.42 Å². The zero-order valence-corrected chi connectivity index (χ0v) is 13.5. The van der Waals surface area contributed by atoms with E-state index in [0.717, 1.165) is 6.42 Å². The van der Waals surface area contributed by atoms with E-state index >= 15 is 0 Å². The Hall–Kier alpha value is -0.413. The molecule has 0 saturated heterocycles. The lowest BCUT2D eigenvalue weighted by atomic mass is 10.2. The minimum Gasteiger partial charge on any atom is -0.413 e. The summed E-state index contributed by atoms with van der Waals surface area (Å²) in [4.78, 5) is 10.8. The third-order valence-electron chi connectivity index (χ3n) is 3.46. The number of carbonyl (C=O) groups is 1. The van der Waals surface area contributed by atoms with Crippen molar-refractivity contribution in [1.82, 2.24) is 0 Å². The number of hydrogen-bond donors (Lipinski definition) is 0. The maximum absolute atomic E-state index is 10.8. The van der Waals surface area contributed by atoms with Crippen molar-refractivity contribution in [2.24, 2.45) is 0 Å². The van der Waals surface area contributed by atoms with E-state index in [2.05, 4.69) is 46.9 Å². The second kappa shape index (κ2) is 6.50. The van der Waals surface area contributed by atoms with Crippen LogP contribution in [-0.2, 0) is 9.22 Å². The van der Waals surface area contributed by atoms with Crippen LogP contribution in [0, 0.1) is 0 Å². The van der Waals surface area contributed by atoms with Crippen molar-refractivity contribution in [3.8, 4) is 0 Å². The molecule has 0 aliphatic rings. The molecular weight excluding hydrogens is 228 g/mol. The van der Waals surface area contributed by atoms with Crippen molar-refractivity contribution in [3.63, 3.8) is 0 Å². The molecule has 2 nitrogen and oxygen atoms in total. The van der Waals surface area contributed by atoms with Gasteiger partial charge in [-0.05, 0) is 38.4 Å². The number of allylic oxidation sites excluding steroid dienone is 1. The minimum atomic E-state index is -1.64. The molecule has 0 spiro atoms. The van der Waals surface area contributed by atoms with Crippen LogP contribution in [0.15, 0.2) is 11.6 Å². The van der Waals surface area contributed by atoms with Crippen molar-refractivity contribution >= 4 is 14.1 Å². The van der Waals surface area contributed by atoms with Gasteiger partial charge in [-0.2, -0.15) is 0 Å². The molecule has 0 aliphatic carbocycles. The summed E-state index contributed by atoms with van der Waals surface area (Å²) in [7, 11) is -1.64. The zero-order chi connectivity index (χ0) is 13.7. The lowest BCUT2D eigenvalue weighted by Gasteiger charge is -2.36. The van der Waals surface area contributed by atoms with Crippen molar-refractivity contribution in [2.75, 3.05) is 6.61 Å². The summed E-state index contributed by atoms with van der Waals surface area (Å²) in [6.45, 7) is 15.7. The second-order valence-electron chi connectivity index (χ2n) is 6.34. The smallest absolute Gasteiger partial charge is 0.192 e. The molecule has 0 aromatic rings. The Kier molecular flexibility index (Phi) is 6.34. The molecule has 0 saturated carbocycles. The molecule has 0 atom stereocenters. The topological polar surface area (TPSA) is 26.3 Å². The molecule has 0 heterocycles. The molecule has 0 fully saturated rings. The minimum absolute atomic E-state index is 0.249. The molecule has 0 aliphatic heterocycles. The van der Waals surface area contributed by atoms with Gasteiger partial charge in [0.15, 0.2) is 8.32 Å². The van der Waals surface area contributed by atoms with Crippen molar-refractivity contribution in [2.45, 2.75) is 65.6 Å². The SMILES string of the molecule is CC(=O)CC/C=C(\C)CO[Si](C)(C)C(C)(C)C. The van der Waals surface area contributed by atoms with Gasteiger partial charge < -0.3 is 9.22 Å². The third kappa shape index (κ3) is 6.79. The number of ketones is 1. The summed E-state index contributed by atoms with van der Waals surface area (Å²) in [5, 5.41) is 0.257. The Balaban J connectivity index is 4.15. The summed E-state index contributed by atoms with van der Waals surface area (Å²) in [5.41, 5.74) is 1.23. The van der Waals surface area contributed by atoms with E-state index in [9.17, 15) is 4.79 Å². The molecule has 0 bridgehead atoms. The third-order valence-corrected chi connectivity index (χ3v) is 7.93.